The van der Waals surface area contributed by atoms with Crippen molar-refractivity contribution in [2.24, 2.45) is 0 Å². The van der Waals surface area contributed by atoms with Gasteiger partial charge in [0.05, 0.1) is 0 Å². The molecule has 2 atom stereocenters. The molecule has 25 heavy (non-hydrogen) atoms. The van der Waals surface area contributed by atoms with Crippen LogP contribution in [0.1, 0.15) is 38.7 Å². The molecule has 0 bridgehead atoms. The number of rotatable bonds is 3. The molecule has 2 aliphatic heterocycles. The van der Waals surface area contributed by atoms with Crippen LogP contribution in [0.15, 0.2) is 24.3 Å². The SMILES string of the molecule is C[C@H](C(=O)N1CCCCC1)N1C(=O)N[C@](C)(c2ccccc2Cl)C1=O. The fourth-order valence-corrected chi connectivity index (χ4v) is 3.88. The molecule has 134 valence electrons. The number of amides is 4. The molecule has 1 aromatic carbocycles. The molecular formula is C18H22ClN3O3. The molecule has 2 aliphatic rings. The fourth-order valence-electron chi connectivity index (χ4n) is 3.55. The number of halogens is 1. The van der Waals surface area contributed by atoms with Crippen LogP contribution in [-0.2, 0) is 15.1 Å². The summed E-state index contributed by atoms with van der Waals surface area (Å²) < 4.78 is 0. The van der Waals surface area contributed by atoms with Crippen molar-refractivity contribution in [2.75, 3.05) is 13.1 Å². The highest BCUT2D eigenvalue weighted by Gasteiger charge is 2.52. The van der Waals surface area contributed by atoms with Crippen LogP contribution in [0.3, 0.4) is 0 Å². The van der Waals surface area contributed by atoms with E-state index in [-0.39, 0.29) is 5.91 Å². The maximum Gasteiger partial charge on any atom is 0.326 e. The van der Waals surface area contributed by atoms with E-state index in [4.69, 9.17) is 11.6 Å². The van der Waals surface area contributed by atoms with Gasteiger partial charge in [-0.15, -0.1) is 0 Å². The highest BCUT2D eigenvalue weighted by atomic mass is 35.5. The summed E-state index contributed by atoms with van der Waals surface area (Å²) in [7, 11) is 0. The first-order valence-corrected chi connectivity index (χ1v) is 8.93. The van der Waals surface area contributed by atoms with E-state index in [1.807, 2.05) is 0 Å². The highest BCUT2D eigenvalue weighted by molar-refractivity contribution is 6.32. The molecule has 0 radical (unpaired) electrons. The van der Waals surface area contributed by atoms with Crippen molar-refractivity contribution < 1.29 is 14.4 Å². The number of nitrogens with one attached hydrogen (secondary N) is 1. The lowest BCUT2D eigenvalue weighted by Crippen LogP contribution is -2.51. The Morgan fingerprint density at radius 3 is 2.48 bits per heavy atom. The molecule has 3 rings (SSSR count). The zero-order valence-electron chi connectivity index (χ0n) is 14.4. The van der Waals surface area contributed by atoms with Crippen LogP contribution in [0.2, 0.25) is 5.02 Å². The molecule has 4 amide bonds. The van der Waals surface area contributed by atoms with Crippen LogP contribution in [-0.4, -0.2) is 46.8 Å². The van der Waals surface area contributed by atoms with E-state index in [2.05, 4.69) is 5.32 Å². The highest BCUT2D eigenvalue weighted by Crippen LogP contribution is 2.34. The Balaban J connectivity index is 1.86. The minimum Gasteiger partial charge on any atom is -0.341 e. The Morgan fingerprint density at radius 2 is 1.84 bits per heavy atom. The summed E-state index contributed by atoms with van der Waals surface area (Å²) in [6.07, 6.45) is 3.01. The molecule has 0 aromatic heterocycles. The molecule has 0 saturated carbocycles. The van der Waals surface area contributed by atoms with Gasteiger partial charge in [-0.25, -0.2) is 9.69 Å². The summed E-state index contributed by atoms with van der Waals surface area (Å²) in [6, 6.07) is 5.50. The molecule has 1 aromatic rings. The Hall–Kier alpha value is -2.08. The minimum atomic E-state index is -1.27. The second-order valence-electron chi connectivity index (χ2n) is 6.77. The van der Waals surface area contributed by atoms with E-state index in [9.17, 15) is 14.4 Å². The van der Waals surface area contributed by atoms with Gasteiger partial charge in [0.1, 0.15) is 11.6 Å². The predicted octanol–water partition coefficient (Wildman–Crippen LogP) is 2.51. The van der Waals surface area contributed by atoms with Gasteiger partial charge in [-0.3, -0.25) is 9.59 Å². The number of nitrogens with zero attached hydrogens (tertiary/aromatic N) is 2. The smallest absolute Gasteiger partial charge is 0.326 e. The topological polar surface area (TPSA) is 69.7 Å². The van der Waals surface area contributed by atoms with E-state index in [1.54, 1.807) is 43.0 Å². The first kappa shape index (κ1) is 17.7. The Morgan fingerprint density at radius 1 is 1.20 bits per heavy atom. The number of imide groups is 1. The molecule has 2 saturated heterocycles. The monoisotopic (exact) mass is 363 g/mol. The number of urea groups is 1. The molecule has 0 aliphatic carbocycles. The lowest BCUT2D eigenvalue weighted by Gasteiger charge is -2.32. The van der Waals surface area contributed by atoms with Crippen LogP contribution in [0.4, 0.5) is 4.79 Å². The predicted molar refractivity (Wildman–Crippen MR) is 94.1 cm³/mol. The molecule has 2 fully saturated rings. The van der Waals surface area contributed by atoms with Gasteiger partial charge in [0.2, 0.25) is 5.91 Å². The van der Waals surface area contributed by atoms with Gasteiger partial charge >= 0.3 is 6.03 Å². The van der Waals surface area contributed by atoms with E-state index in [0.29, 0.717) is 23.7 Å². The van der Waals surface area contributed by atoms with Gasteiger partial charge in [0.25, 0.3) is 5.91 Å². The maximum absolute atomic E-state index is 13.0. The van der Waals surface area contributed by atoms with Crippen molar-refractivity contribution in [3.05, 3.63) is 34.9 Å². The summed E-state index contributed by atoms with van der Waals surface area (Å²) >= 11 is 6.22. The lowest BCUT2D eigenvalue weighted by molar-refractivity contribution is -0.143. The number of hydrogen-bond acceptors (Lipinski definition) is 3. The number of piperidine rings is 1. The van der Waals surface area contributed by atoms with Crippen molar-refractivity contribution in [1.29, 1.82) is 0 Å². The van der Waals surface area contributed by atoms with Crippen molar-refractivity contribution in [3.63, 3.8) is 0 Å². The normalized spacial score (nSPS) is 25.1. The Labute approximate surface area is 152 Å². The van der Waals surface area contributed by atoms with Gasteiger partial charge < -0.3 is 10.2 Å². The average Bonchev–Trinajstić information content (AvgIpc) is 2.84. The molecule has 0 spiro atoms. The number of benzene rings is 1. The summed E-state index contributed by atoms with van der Waals surface area (Å²) in [5, 5.41) is 3.11. The van der Waals surface area contributed by atoms with Crippen molar-refractivity contribution in [3.8, 4) is 0 Å². The third-order valence-corrected chi connectivity index (χ3v) is 5.38. The summed E-state index contributed by atoms with van der Waals surface area (Å²) in [4.78, 5) is 41.0. The fraction of sp³-hybridized carbons (Fsp3) is 0.500. The van der Waals surface area contributed by atoms with Crippen LogP contribution < -0.4 is 5.32 Å². The standard InChI is InChI=1S/C18H22ClN3O3/c1-12(15(23)21-10-6-3-7-11-21)22-16(24)18(2,20-17(22)25)13-8-4-5-9-14(13)19/h4-5,8-9,12H,3,6-7,10-11H2,1-2H3,(H,20,25)/t12-,18-/m1/s1. The first-order valence-electron chi connectivity index (χ1n) is 8.56. The second kappa shape index (κ2) is 6.67. The largest absolute Gasteiger partial charge is 0.341 e. The number of hydrogen-bond donors (Lipinski definition) is 1. The van der Waals surface area contributed by atoms with Crippen molar-refractivity contribution in [2.45, 2.75) is 44.7 Å². The van der Waals surface area contributed by atoms with Crippen LogP contribution in [0, 0.1) is 0 Å². The Kier molecular flexibility index (Phi) is 4.73. The van der Waals surface area contributed by atoms with Gasteiger partial charge in [-0.05, 0) is 39.2 Å². The molecule has 1 N–H and O–H groups in total. The van der Waals surface area contributed by atoms with Gasteiger partial charge in [0, 0.05) is 23.7 Å². The van der Waals surface area contributed by atoms with Crippen LogP contribution in [0.5, 0.6) is 0 Å². The Bertz CT molecular complexity index is 717. The van der Waals surface area contributed by atoms with Crippen molar-refractivity contribution >= 4 is 29.4 Å². The molecule has 0 unspecified atom stereocenters. The maximum atomic E-state index is 13.0. The third kappa shape index (κ3) is 2.99. The second-order valence-corrected chi connectivity index (χ2v) is 7.18. The van der Waals surface area contributed by atoms with E-state index in [0.717, 1.165) is 24.2 Å². The van der Waals surface area contributed by atoms with Crippen LogP contribution in [0.25, 0.3) is 0 Å². The third-order valence-electron chi connectivity index (χ3n) is 5.05. The molecular weight excluding hydrogens is 342 g/mol. The number of carbonyl (C=O) groups is 3. The molecule has 6 nitrogen and oxygen atoms in total. The van der Waals surface area contributed by atoms with E-state index in [1.165, 1.54) is 0 Å². The lowest BCUT2D eigenvalue weighted by atomic mass is 9.91. The van der Waals surface area contributed by atoms with Crippen molar-refractivity contribution in [1.82, 2.24) is 15.1 Å². The zero-order chi connectivity index (χ0) is 18.2. The molecule has 2 heterocycles. The number of likely N-dealkylation sites (tertiary alicyclic amines) is 1. The zero-order valence-corrected chi connectivity index (χ0v) is 15.2. The van der Waals surface area contributed by atoms with Gasteiger partial charge in [-0.1, -0.05) is 29.8 Å². The quantitative estimate of drug-likeness (QED) is 0.839. The van der Waals surface area contributed by atoms with Gasteiger partial charge in [-0.2, -0.15) is 0 Å². The average molecular weight is 364 g/mol. The summed E-state index contributed by atoms with van der Waals surface area (Å²) in [5.74, 6) is -0.643. The summed E-state index contributed by atoms with van der Waals surface area (Å²) in [6.45, 7) is 4.57. The van der Waals surface area contributed by atoms with E-state index >= 15 is 0 Å². The number of carbonyl (C=O) groups excluding carboxylic acids is 3. The van der Waals surface area contributed by atoms with E-state index < -0.39 is 23.5 Å². The summed E-state index contributed by atoms with van der Waals surface area (Å²) in [5.41, 5.74) is -0.749. The first-order chi connectivity index (χ1) is 11.9. The van der Waals surface area contributed by atoms with Gasteiger partial charge in [0.15, 0.2) is 0 Å². The molecule has 7 heteroatoms. The minimum absolute atomic E-state index is 0.188. The van der Waals surface area contributed by atoms with Crippen LogP contribution >= 0.6 is 11.6 Å².